The summed E-state index contributed by atoms with van der Waals surface area (Å²) in [7, 11) is 0. The van der Waals surface area contributed by atoms with Gasteiger partial charge in [0.1, 0.15) is 6.10 Å². The van der Waals surface area contributed by atoms with Crippen LogP contribution in [-0.4, -0.2) is 49.8 Å². The van der Waals surface area contributed by atoms with Crippen molar-refractivity contribution in [3.63, 3.8) is 0 Å². The molecule has 0 aliphatic carbocycles. The van der Waals surface area contributed by atoms with Gasteiger partial charge in [-0.1, -0.05) is 6.92 Å². The highest BCUT2D eigenvalue weighted by atomic mass is 32.2. The van der Waals surface area contributed by atoms with E-state index >= 15 is 0 Å². The Morgan fingerprint density at radius 1 is 1.73 bits per heavy atom. The molecule has 2 unspecified atom stereocenters. The molecule has 2 N–H and O–H groups in total. The third-order valence-corrected chi connectivity index (χ3v) is 3.51. The monoisotopic (exact) mass is 232 g/mol. The van der Waals surface area contributed by atoms with Crippen LogP contribution in [-0.2, 0) is 9.53 Å². The summed E-state index contributed by atoms with van der Waals surface area (Å²) in [6.45, 7) is 4.99. The second-order valence-electron chi connectivity index (χ2n) is 3.69. The Bertz CT molecular complexity index is 196. The zero-order valence-corrected chi connectivity index (χ0v) is 10.2. The number of ether oxygens (including phenoxy) is 1. The summed E-state index contributed by atoms with van der Waals surface area (Å²) in [6.07, 6.45) is 2.79. The highest BCUT2D eigenvalue weighted by Crippen LogP contribution is 2.08. The molecule has 15 heavy (non-hydrogen) atoms. The van der Waals surface area contributed by atoms with Crippen molar-refractivity contribution in [1.82, 2.24) is 10.6 Å². The van der Waals surface area contributed by atoms with Crippen LogP contribution >= 0.6 is 11.8 Å². The summed E-state index contributed by atoms with van der Waals surface area (Å²) in [5.41, 5.74) is 0. The summed E-state index contributed by atoms with van der Waals surface area (Å²) in [4.78, 5) is 11.6. The van der Waals surface area contributed by atoms with E-state index in [1.165, 1.54) is 0 Å². The SMILES string of the molecule is CSC(C)CCNC(=O)C1CNCCO1. The average Bonchev–Trinajstić information content (AvgIpc) is 2.29. The molecule has 0 radical (unpaired) electrons. The molecule has 1 amide bonds. The highest BCUT2D eigenvalue weighted by molar-refractivity contribution is 7.99. The molecule has 5 heteroatoms. The number of thioether (sulfide) groups is 1. The number of hydrogen-bond donors (Lipinski definition) is 2. The van der Waals surface area contributed by atoms with Crippen molar-refractivity contribution in [2.24, 2.45) is 0 Å². The number of morpholine rings is 1. The molecule has 0 saturated carbocycles. The lowest BCUT2D eigenvalue weighted by Gasteiger charge is -2.22. The molecule has 0 spiro atoms. The van der Waals surface area contributed by atoms with E-state index in [0.29, 0.717) is 18.4 Å². The minimum atomic E-state index is -0.302. The van der Waals surface area contributed by atoms with Gasteiger partial charge in [-0.3, -0.25) is 4.79 Å². The maximum absolute atomic E-state index is 11.6. The first-order valence-electron chi connectivity index (χ1n) is 5.37. The van der Waals surface area contributed by atoms with Crippen LogP contribution in [0.4, 0.5) is 0 Å². The Morgan fingerprint density at radius 3 is 3.13 bits per heavy atom. The van der Waals surface area contributed by atoms with E-state index in [9.17, 15) is 4.79 Å². The standard InChI is InChI=1S/C10H20N2O2S/c1-8(15-2)3-4-12-10(13)9-7-11-5-6-14-9/h8-9,11H,3-7H2,1-2H3,(H,12,13). The van der Waals surface area contributed by atoms with E-state index in [2.05, 4.69) is 23.8 Å². The molecule has 88 valence electrons. The zero-order chi connectivity index (χ0) is 11.1. The van der Waals surface area contributed by atoms with Crippen LogP contribution in [0, 0.1) is 0 Å². The number of nitrogens with one attached hydrogen (secondary N) is 2. The van der Waals surface area contributed by atoms with E-state index in [1.807, 2.05) is 11.8 Å². The van der Waals surface area contributed by atoms with E-state index in [4.69, 9.17) is 4.74 Å². The summed E-state index contributed by atoms with van der Waals surface area (Å²) < 4.78 is 5.34. The lowest BCUT2D eigenvalue weighted by Crippen LogP contribution is -2.48. The molecule has 1 aliphatic rings. The van der Waals surface area contributed by atoms with Crippen molar-refractivity contribution < 1.29 is 9.53 Å². The molecule has 0 aromatic heterocycles. The minimum absolute atomic E-state index is 0.00973. The van der Waals surface area contributed by atoms with Crippen molar-refractivity contribution in [2.75, 3.05) is 32.5 Å². The van der Waals surface area contributed by atoms with Gasteiger partial charge in [0, 0.05) is 24.9 Å². The largest absolute Gasteiger partial charge is 0.366 e. The third-order valence-electron chi connectivity index (χ3n) is 2.47. The van der Waals surface area contributed by atoms with Gasteiger partial charge in [0.2, 0.25) is 5.91 Å². The normalized spacial score (nSPS) is 23.5. The molecule has 0 aromatic carbocycles. The van der Waals surface area contributed by atoms with Crippen LogP contribution < -0.4 is 10.6 Å². The highest BCUT2D eigenvalue weighted by Gasteiger charge is 2.20. The zero-order valence-electron chi connectivity index (χ0n) is 9.41. The van der Waals surface area contributed by atoms with Gasteiger partial charge in [0.05, 0.1) is 6.61 Å². The molecule has 1 rings (SSSR count). The second-order valence-corrected chi connectivity index (χ2v) is 4.97. The Hall–Kier alpha value is -0.260. The summed E-state index contributed by atoms with van der Waals surface area (Å²) in [5, 5.41) is 6.63. The van der Waals surface area contributed by atoms with Gasteiger partial charge in [-0.2, -0.15) is 11.8 Å². The quantitative estimate of drug-likeness (QED) is 0.712. The van der Waals surface area contributed by atoms with Crippen LogP contribution in [0.3, 0.4) is 0 Å². The summed E-state index contributed by atoms with van der Waals surface area (Å²) >= 11 is 1.82. The first-order chi connectivity index (χ1) is 7.24. The van der Waals surface area contributed by atoms with Gasteiger partial charge < -0.3 is 15.4 Å². The van der Waals surface area contributed by atoms with Gasteiger partial charge in [0.25, 0.3) is 0 Å². The van der Waals surface area contributed by atoms with Gasteiger partial charge in [-0.05, 0) is 12.7 Å². The van der Waals surface area contributed by atoms with Crippen LogP contribution in [0.2, 0.25) is 0 Å². The van der Waals surface area contributed by atoms with Crippen molar-refractivity contribution in [1.29, 1.82) is 0 Å². The fourth-order valence-electron chi connectivity index (χ4n) is 1.36. The molecular formula is C10H20N2O2S. The van der Waals surface area contributed by atoms with Crippen LogP contribution in [0.25, 0.3) is 0 Å². The van der Waals surface area contributed by atoms with Crippen molar-refractivity contribution in [3.05, 3.63) is 0 Å². The molecular weight excluding hydrogens is 212 g/mol. The van der Waals surface area contributed by atoms with Crippen molar-refractivity contribution in [2.45, 2.75) is 24.7 Å². The lowest BCUT2D eigenvalue weighted by atomic mass is 10.2. The summed E-state index contributed by atoms with van der Waals surface area (Å²) in [6, 6.07) is 0. The van der Waals surface area contributed by atoms with E-state index < -0.39 is 0 Å². The van der Waals surface area contributed by atoms with Gasteiger partial charge in [-0.25, -0.2) is 0 Å². The third kappa shape index (κ3) is 4.86. The van der Waals surface area contributed by atoms with Crippen LogP contribution in [0.5, 0.6) is 0 Å². The molecule has 1 saturated heterocycles. The number of amides is 1. The Labute approximate surface area is 95.5 Å². The van der Waals surface area contributed by atoms with E-state index in [-0.39, 0.29) is 12.0 Å². The molecule has 1 aliphatic heterocycles. The second kappa shape index (κ2) is 7.09. The predicted molar refractivity (Wildman–Crippen MR) is 63.2 cm³/mol. The van der Waals surface area contributed by atoms with Gasteiger partial charge >= 0.3 is 0 Å². The molecule has 0 aromatic rings. The number of carbonyl (C=O) groups is 1. The number of carbonyl (C=O) groups excluding carboxylic acids is 1. The molecule has 2 atom stereocenters. The van der Waals surface area contributed by atoms with Crippen LogP contribution in [0.1, 0.15) is 13.3 Å². The predicted octanol–water partition coefficient (Wildman–Crippen LogP) is 0.233. The van der Waals surface area contributed by atoms with Gasteiger partial charge in [-0.15, -0.1) is 0 Å². The van der Waals surface area contributed by atoms with Crippen LogP contribution in [0.15, 0.2) is 0 Å². The van der Waals surface area contributed by atoms with Gasteiger partial charge in [0.15, 0.2) is 0 Å². The molecule has 4 nitrogen and oxygen atoms in total. The average molecular weight is 232 g/mol. The Balaban J connectivity index is 2.12. The maximum Gasteiger partial charge on any atom is 0.250 e. The minimum Gasteiger partial charge on any atom is -0.366 e. The smallest absolute Gasteiger partial charge is 0.250 e. The van der Waals surface area contributed by atoms with Crippen molar-refractivity contribution >= 4 is 17.7 Å². The van der Waals surface area contributed by atoms with Crippen molar-refractivity contribution in [3.8, 4) is 0 Å². The Kier molecular flexibility index (Phi) is 6.05. The first kappa shape index (κ1) is 12.8. The fraction of sp³-hybridized carbons (Fsp3) is 0.900. The maximum atomic E-state index is 11.6. The Morgan fingerprint density at radius 2 is 2.53 bits per heavy atom. The van der Waals surface area contributed by atoms with E-state index in [1.54, 1.807) is 0 Å². The van der Waals surface area contributed by atoms with E-state index in [0.717, 1.165) is 19.5 Å². The molecule has 1 heterocycles. The molecule has 0 bridgehead atoms. The number of rotatable bonds is 5. The fourth-order valence-corrected chi connectivity index (χ4v) is 1.72. The lowest BCUT2D eigenvalue weighted by molar-refractivity contribution is -0.134. The number of hydrogen-bond acceptors (Lipinski definition) is 4. The molecule has 1 fully saturated rings. The summed E-state index contributed by atoms with van der Waals surface area (Å²) in [5.74, 6) is 0.00973. The topological polar surface area (TPSA) is 50.4 Å². The first-order valence-corrected chi connectivity index (χ1v) is 6.65.